The SMILES string of the molecule is Cc1cc(S(=O)(=O)N(C)C)cc(NC(=O)c2ccc(S(=O)(=O)N3CCCCCC3)cc2)c1C. The highest BCUT2D eigenvalue weighted by Gasteiger charge is 2.25. The summed E-state index contributed by atoms with van der Waals surface area (Å²) in [5.41, 5.74) is 2.15. The van der Waals surface area contributed by atoms with Crippen LogP contribution in [-0.4, -0.2) is 58.5 Å². The summed E-state index contributed by atoms with van der Waals surface area (Å²) in [6.07, 6.45) is 3.75. The van der Waals surface area contributed by atoms with E-state index in [-0.39, 0.29) is 15.4 Å². The molecular weight excluding hydrogens is 462 g/mol. The Bertz CT molecular complexity index is 1230. The predicted octanol–water partition coefficient (Wildman–Crippen LogP) is 3.37. The zero-order valence-electron chi connectivity index (χ0n) is 19.5. The Labute approximate surface area is 196 Å². The van der Waals surface area contributed by atoms with Gasteiger partial charge in [-0.25, -0.2) is 21.1 Å². The number of sulfonamides is 2. The fourth-order valence-corrected chi connectivity index (χ4v) is 6.25. The minimum Gasteiger partial charge on any atom is -0.322 e. The van der Waals surface area contributed by atoms with Gasteiger partial charge < -0.3 is 5.32 Å². The molecule has 2 aromatic carbocycles. The number of hydrogen-bond acceptors (Lipinski definition) is 5. The van der Waals surface area contributed by atoms with E-state index in [9.17, 15) is 21.6 Å². The predicted molar refractivity (Wildman–Crippen MR) is 128 cm³/mol. The van der Waals surface area contributed by atoms with E-state index in [0.29, 0.717) is 18.8 Å². The lowest BCUT2D eigenvalue weighted by atomic mass is 10.1. The van der Waals surface area contributed by atoms with Gasteiger partial charge in [0.2, 0.25) is 20.0 Å². The first kappa shape index (κ1) is 25.4. The second-order valence-electron chi connectivity index (χ2n) is 8.50. The van der Waals surface area contributed by atoms with Crippen LogP contribution in [0.25, 0.3) is 0 Å². The lowest BCUT2D eigenvalue weighted by Gasteiger charge is -2.20. The smallest absolute Gasteiger partial charge is 0.255 e. The summed E-state index contributed by atoms with van der Waals surface area (Å²) in [5, 5.41) is 2.77. The molecule has 0 saturated carbocycles. The lowest BCUT2D eigenvalue weighted by molar-refractivity contribution is 0.102. The van der Waals surface area contributed by atoms with Crippen LogP contribution in [0.5, 0.6) is 0 Å². The van der Waals surface area contributed by atoms with E-state index in [1.165, 1.54) is 48.7 Å². The van der Waals surface area contributed by atoms with Gasteiger partial charge in [0.1, 0.15) is 0 Å². The molecule has 0 bridgehead atoms. The summed E-state index contributed by atoms with van der Waals surface area (Å²) in [7, 11) is -4.37. The molecule has 0 atom stereocenters. The Hall–Kier alpha value is -2.27. The van der Waals surface area contributed by atoms with E-state index in [1.54, 1.807) is 19.9 Å². The van der Waals surface area contributed by atoms with Crippen LogP contribution < -0.4 is 5.32 Å². The van der Waals surface area contributed by atoms with Gasteiger partial charge in [-0.2, -0.15) is 4.31 Å². The van der Waals surface area contributed by atoms with E-state index in [1.807, 2.05) is 0 Å². The molecule has 0 radical (unpaired) electrons. The molecule has 1 amide bonds. The summed E-state index contributed by atoms with van der Waals surface area (Å²) in [6, 6.07) is 8.85. The molecule has 0 aromatic heterocycles. The monoisotopic (exact) mass is 493 g/mol. The molecular formula is C23H31N3O5S2. The van der Waals surface area contributed by atoms with Crippen LogP contribution in [0.4, 0.5) is 5.69 Å². The number of nitrogens with one attached hydrogen (secondary N) is 1. The van der Waals surface area contributed by atoms with Gasteiger partial charge >= 0.3 is 0 Å². The molecule has 1 aliphatic heterocycles. The van der Waals surface area contributed by atoms with Crippen molar-refractivity contribution in [2.45, 2.75) is 49.3 Å². The number of anilines is 1. The molecule has 1 fully saturated rings. The molecule has 1 N–H and O–H groups in total. The van der Waals surface area contributed by atoms with Crippen molar-refractivity contribution in [2.24, 2.45) is 0 Å². The summed E-state index contributed by atoms with van der Waals surface area (Å²) in [4.78, 5) is 13.1. The third-order valence-corrected chi connectivity index (χ3v) is 9.69. The van der Waals surface area contributed by atoms with Crippen LogP contribution >= 0.6 is 0 Å². The Morgan fingerprint density at radius 1 is 0.879 bits per heavy atom. The topological polar surface area (TPSA) is 104 Å². The molecule has 180 valence electrons. The second kappa shape index (κ2) is 9.92. The van der Waals surface area contributed by atoms with Gasteiger partial charge in [-0.3, -0.25) is 4.79 Å². The average Bonchev–Trinajstić information content (AvgIpc) is 3.07. The minimum atomic E-state index is -3.66. The fraction of sp³-hybridized carbons (Fsp3) is 0.435. The average molecular weight is 494 g/mol. The summed E-state index contributed by atoms with van der Waals surface area (Å²) in [6.45, 7) is 4.60. The van der Waals surface area contributed by atoms with Crippen molar-refractivity contribution >= 4 is 31.6 Å². The number of carbonyl (C=O) groups excluding carboxylic acids is 1. The van der Waals surface area contributed by atoms with Gasteiger partial charge in [-0.1, -0.05) is 12.8 Å². The van der Waals surface area contributed by atoms with Crippen molar-refractivity contribution < 1.29 is 21.6 Å². The highest BCUT2D eigenvalue weighted by molar-refractivity contribution is 7.89. The normalized spacial score (nSPS) is 15.9. The number of carbonyl (C=O) groups is 1. The first-order chi connectivity index (χ1) is 15.4. The molecule has 3 rings (SSSR count). The third-order valence-electron chi connectivity index (χ3n) is 5.99. The van der Waals surface area contributed by atoms with Gasteiger partial charge in [0.25, 0.3) is 5.91 Å². The van der Waals surface area contributed by atoms with Crippen molar-refractivity contribution in [3.63, 3.8) is 0 Å². The van der Waals surface area contributed by atoms with E-state index >= 15 is 0 Å². The van der Waals surface area contributed by atoms with Gasteiger partial charge in [0.15, 0.2) is 0 Å². The van der Waals surface area contributed by atoms with Crippen molar-refractivity contribution in [2.75, 3.05) is 32.5 Å². The van der Waals surface area contributed by atoms with Gasteiger partial charge in [-0.15, -0.1) is 0 Å². The van der Waals surface area contributed by atoms with Crippen molar-refractivity contribution in [3.8, 4) is 0 Å². The molecule has 33 heavy (non-hydrogen) atoms. The van der Waals surface area contributed by atoms with Crippen LogP contribution in [0.2, 0.25) is 0 Å². The Balaban J connectivity index is 1.84. The molecule has 0 aliphatic carbocycles. The number of amides is 1. The van der Waals surface area contributed by atoms with Crippen molar-refractivity contribution in [1.29, 1.82) is 0 Å². The number of rotatable bonds is 6. The Morgan fingerprint density at radius 2 is 1.45 bits per heavy atom. The minimum absolute atomic E-state index is 0.0878. The van der Waals surface area contributed by atoms with Crippen molar-refractivity contribution in [3.05, 3.63) is 53.1 Å². The summed E-state index contributed by atoms with van der Waals surface area (Å²) < 4.78 is 53.6. The van der Waals surface area contributed by atoms with Gasteiger partial charge in [0.05, 0.1) is 9.79 Å². The maximum Gasteiger partial charge on any atom is 0.255 e. The lowest BCUT2D eigenvalue weighted by Crippen LogP contribution is -2.31. The quantitative estimate of drug-likeness (QED) is 0.664. The first-order valence-corrected chi connectivity index (χ1v) is 13.8. The van der Waals surface area contributed by atoms with Gasteiger partial charge in [-0.05, 0) is 74.2 Å². The largest absolute Gasteiger partial charge is 0.322 e. The zero-order valence-corrected chi connectivity index (χ0v) is 21.1. The number of nitrogens with zero attached hydrogens (tertiary/aromatic N) is 2. The maximum absolute atomic E-state index is 12.9. The molecule has 8 nitrogen and oxygen atoms in total. The molecule has 1 heterocycles. The van der Waals surface area contributed by atoms with Crippen LogP contribution in [0, 0.1) is 13.8 Å². The number of aryl methyl sites for hydroxylation is 1. The highest BCUT2D eigenvalue weighted by atomic mass is 32.2. The van der Waals surface area contributed by atoms with E-state index in [2.05, 4.69) is 5.32 Å². The van der Waals surface area contributed by atoms with Gasteiger partial charge in [0, 0.05) is 38.4 Å². The molecule has 0 unspecified atom stereocenters. The molecule has 2 aromatic rings. The zero-order chi connectivity index (χ0) is 24.4. The fourth-order valence-electron chi connectivity index (χ4n) is 3.72. The molecule has 1 saturated heterocycles. The molecule has 10 heteroatoms. The van der Waals surface area contributed by atoms with Crippen LogP contribution in [-0.2, 0) is 20.0 Å². The van der Waals surface area contributed by atoms with E-state index in [4.69, 9.17) is 0 Å². The third kappa shape index (κ3) is 5.46. The molecule has 0 spiro atoms. The van der Waals surface area contributed by atoms with Crippen LogP contribution in [0.3, 0.4) is 0 Å². The summed E-state index contributed by atoms with van der Waals surface area (Å²) >= 11 is 0. The number of hydrogen-bond donors (Lipinski definition) is 1. The second-order valence-corrected chi connectivity index (χ2v) is 12.6. The Kier molecular flexibility index (Phi) is 7.62. The van der Waals surface area contributed by atoms with Crippen molar-refractivity contribution in [1.82, 2.24) is 8.61 Å². The standard InChI is InChI=1S/C23H31N3O5S2/c1-17-15-21(32(28,29)25(3)4)16-22(18(17)2)24-23(27)19-9-11-20(12-10-19)33(30,31)26-13-7-5-6-8-14-26/h9-12,15-16H,5-8,13-14H2,1-4H3,(H,24,27). The highest BCUT2D eigenvalue weighted by Crippen LogP contribution is 2.26. The van der Waals surface area contributed by atoms with Crippen LogP contribution in [0.1, 0.15) is 47.2 Å². The maximum atomic E-state index is 12.9. The van der Waals surface area contributed by atoms with E-state index < -0.39 is 26.0 Å². The number of benzene rings is 2. The molecule has 1 aliphatic rings. The Morgan fingerprint density at radius 3 is 2.00 bits per heavy atom. The first-order valence-electron chi connectivity index (χ1n) is 10.9. The van der Waals surface area contributed by atoms with E-state index in [0.717, 1.165) is 41.1 Å². The van der Waals surface area contributed by atoms with Crippen LogP contribution in [0.15, 0.2) is 46.2 Å². The summed E-state index contributed by atoms with van der Waals surface area (Å²) in [5.74, 6) is -0.448.